The molecule has 166 valence electrons. The van der Waals surface area contributed by atoms with Crippen LogP contribution in [0, 0.1) is 0 Å². The first-order valence-electron chi connectivity index (χ1n) is 10.6. The van der Waals surface area contributed by atoms with Crippen LogP contribution in [-0.4, -0.2) is 37.4 Å². The van der Waals surface area contributed by atoms with Gasteiger partial charge < -0.3 is 24.3 Å². The molecule has 0 atom stereocenters. The Labute approximate surface area is 190 Å². The number of benzene rings is 2. The molecule has 0 unspecified atom stereocenters. The molecule has 3 aromatic rings. The van der Waals surface area contributed by atoms with Crippen LogP contribution in [0.2, 0.25) is 0 Å². The van der Waals surface area contributed by atoms with Gasteiger partial charge in [0.05, 0.1) is 11.2 Å². The summed E-state index contributed by atoms with van der Waals surface area (Å²) < 4.78 is 22.4. The maximum absolute atomic E-state index is 13.0. The first-order chi connectivity index (χ1) is 15.7. The van der Waals surface area contributed by atoms with Gasteiger partial charge in [-0.2, -0.15) is 0 Å². The summed E-state index contributed by atoms with van der Waals surface area (Å²) in [6.45, 7) is 2.45. The van der Waals surface area contributed by atoms with Gasteiger partial charge >= 0.3 is 0 Å². The number of carbonyl (C=O) groups excluding carboxylic acids is 1. The topological polar surface area (TPSA) is 78.9 Å². The third-order valence-electron chi connectivity index (χ3n) is 5.99. The van der Waals surface area contributed by atoms with Gasteiger partial charge in [-0.1, -0.05) is 12.1 Å². The summed E-state index contributed by atoms with van der Waals surface area (Å²) in [6.07, 6.45) is 1.65. The second kappa shape index (κ2) is 9.18. The van der Waals surface area contributed by atoms with Gasteiger partial charge in [-0.15, -0.1) is 11.3 Å². The highest BCUT2D eigenvalue weighted by molar-refractivity contribution is 7.07. The van der Waals surface area contributed by atoms with E-state index in [2.05, 4.69) is 16.4 Å². The highest BCUT2D eigenvalue weighted by Crippen LogP contribution is 2.40. The van der Waals surface area contributed by atoms with Crippen molar-refractivity contribution < 1.29 is 23.7 Å². The first-order valence-corrected chi connectivity index (χ1v) is 11.5. The zero-order valence-electron chi connectivity index (χ0n) is 17.5. The lowest BCUT2D eigenvalue weighted by Gasteiger charge is -2.38. The van der Waals surface area contributed by atoms with Crippen molar-refractivity contribution in [2.24, 2.45) is 0 Å². The fourth-order valence-corrected chi connectivity index (χ4v) is 4.64. The molecule has 0 spiro atoms. The minimum absolute atomic E-state index is 0.129. The lowest BCUT2D eigenvalue weighted by Crippen LogP contribution is -2.44. The molecule has 5 rings (SSSR count). The summed E-state index contributed by atoms with van der Waals surface area (Å²) >= 11 is 1.53. The summed E-state index contributed by atoms with van der Waals surface area (Å²) in [5.41, 5.74) is 4.12. The van der Waals surface area contributed by atoms with E-state index >= 15 is 0 Å². The van der Waals surface area contributed by atoms with Crippen LogP contribution in [0.25, 0.3) is 0 Å². The Hall–Kier alpha value is -3.10. The molecule has 0 saturated carbocycles. The van der Waals surface area contributed by atoms with E-state index in [9.17, 15) is 4.79 Å². The van der Waals surface area contributed by atoms with E-state index in [0.717, 1.165) is 35.6 Å². The van der Waals surface area contributed by atoms with E-state index in [1.807, 2.05) is 29.6 Å². The van der Waals surface area contributed by atoms with Crippen molar-refractivity contribution in [3.63, 3.8) is 0 Å². The van der Waals surface area contributed by atoms with Crippen molar-refractivity contribution in [3.8, 4) is 17.2 Å². The molecule has 1 saturated heterocycles. The Kier molecular flexibility index (Phi) is 5.96. The average Bonchev–Trinajstić information content (AvgIpc) is 3.53. The van der Waals surface area contributed by atoms with E-state index in [4.69, 9.17) is 18.9 Å². The number of amides is 1. The minimum Gasteiger partial charge on any atom is -0.487 e. The van der Waals surface area contributed by atoms with Crippen LogP contribution in [0.5, 0.6) is 17.2 Å². The number of hydrogen-bond acceptors (Lipinski definition) is 7. The fourth-order valence-electron chi connectivity index (χ4n) is 4.10. The molecule has 0 bridgehead atoms. The first kappa shape index (κ1) is 20.8. The third kappa shape index (κ3) is 4.42. The minimum atomic E-state index is -0.215. The van der Waals surface area contributed by atoms with Gasteiger partial charge in [0.2, 0.25) is 6.79 Å². The molecule has 3 heterocycles. The van der Waals surface area contributed by atoms with Crippen LogP contribution in [0.3, 0.4) is 0 Å². The predicted octanol–water partition coefficient (Wildman–Crippen LogP) is 3.93. The van der Waals surface area contributed by atoms with Gasteiger partial charge in [0, 0.05) is 36.1 Å². The van der Waals surface area contributed by atoms with Gasteiger partial charge in [-0.25, -0.2) is 4.98 Å². The Morgan fingerprint density at radius 2 is 2.00 bits per heavy atom. The van der Waals surface area contributed by atoms with Gasteiger partial charge in [0.1, 0.15) is 12.4 Å². The number of carbonyl (C=O) groups is 1. The zero-order valence-corrected chi connectivity index (χ0v) is 18.4. The predicted molar refractivity (Wildman–Crippen MR) is 120 cm³/mol. The molecule has 1 amide bonds. The summed E-state index contributed by atoms with van der Waals surface area (Å²) in [5, 5.41) is 5.08. The van der Waals surface area contributed by atoms with Crippen molar-refractivity contribution in [1.29, 1.82) is 0 Å². The monoisotopic (exact) mass is 452 g/mol. The van der Waals surface area contributed by atoms with Crippen molar-refractivity contribution in [3.05, 3.63) is 70.2 Å². The maximum Gasteiger partial charge on any atom is 0.251 e. The van der Waals surface area contributed by atoms with Crippen molar-refractivity contribution in [1.82, 2.24) is 10.3 Å². The molecule has 2 aliphatic heterocycles. The molecule has 1 N–H and O–H groups in total. The molecule has 1 fully saturated rings. The molecule has 2 aromatic carbocycles. The van der Waals surface area contributed by atoms with E-state index in [0.29, 0.717) is 37.7 Å². The molecule has 2 aliphatic rings. The summed E-state index contributed by atoms with van der Waals surface area (Å²) in [7, 11) is 0. The molecule has 0 radical (unpaired) electrons. The van der Waals surface area contributed by atoms with Gasteiger partial charge in [0.15, 0.2) is 11.5 Å². The smallest absolute Gasteiger partial charge is 0.251 e. The summed E-state index contributed by atoms with van der Waals surface area (Å²) in [5.74, 6) is 2.03. The molecular weight excluding hydrogens is 428 g/mol. The standard InChI is InChI=1S/C24H24N2O5S/c27-23(17-2-1-3-20(10-17)29-12-19-13-32-15-26-19)25-14-24(6-8-28-9-7-24)18-4-5-21-22(11-18)31-16-30-21/h1-5,10-11,13,15H,6-9,12,14,16H2,(H,25,27). The lowest BCUT2D eigenvalue weighted by atomic mass is 9.74. The zero-order chi connectivity index (χ0) is 21.8. The maximum atomic E-state index is 13.0. The number of nitrogens with zero attached hydrogens (tertiary/aromatic N) is 1. The molecule has 0 aliphatic carbocycles. The number of thiazole rings is 1. The van der Waals surface area contributed by atoms with Crippen LogP contribution in [-0.2, 0) is 16.8 Å². The van der Waals surface area contributed by atoms with Crippen molar-refractivity contribution in [2.75, 3.05) is 26.6 Å². The highest BCUT2D eigenvalue weighted by Gasteiger charge is 2.36. The van der Waals surface area contributed by atoms with Crippen LogP contribution in [0.1, 0.15) is 34.5 Å². The lowest BCUT2D eigenvalue weighted by molar-refractivity contribution is 0.0486. The molecular formula is C24H24N2O5S. The van der Waals surface area contributed by atoms with Crippen LogP contribution in [0.4, 0.5) is 0 Å². The summed E-state index contributed by atoms with van der Waals surface area (Å²) in [6, 6.07) is 13.3. The number of nitrogens with one attached hydrogen (secondary N) is 1. The van der Waals surface area contributed by atoms with E-state index in [-0.39, 0.29) is 18.1 Å². The Balaban J connectivity index is 1.28. The van der Waals surface area contributed by atoms with Crippen LogP contribution < -0.4 is 19.5 Å². The largest absolute Gasteiger partial charge is 0.487 e. The number of aromatic nitrogens is 1. The SMILES string of the molecule is O=C(NCC1(c2ccc3c(c2)OCO3)CCOCC1)c1cccc(OCc2cscn2)c1. The van der Waals surface area contributed by atoms with Gasteiger partial charge in [-0.3, -0.25) is 4.79 Å². The van der Waals surface area contributed by atoms with Crippen molar-refractivity contribution >= 4 is 17.2 Å². The van der Waals surface area contributed by atoms with Crippen LogP contribution >= 0.6 is 11.3 Å². The molecule has 8 heteroatoms. The van der Waals surface area contributed by atoms with Gasteiger partial charge in [0.25, 0.3) is 5.91 Å². The third-order valence-corrected chi connectivity index (χ3v) is 6.62. The van der Waals surface area contributed by atoms with Gasteiger partial charge in [-0.05, 0) is 48.7 Å². The normalized spacial score (nSPS) is 16.5. The highest BCUT2D eigenvalue weighted by atomic mass is 32.1. The molecule has 32 heavy (non-hydrogen) atoms. The quantitative estimate of drug-likeness (QED) is 0.585. The Morgan fingerprint density at radius 1 is 1.12 bits per heavy atom. The van der Waals surface area contributed by atoms with E-state index in [1.54, 1.807) is 17.6 Å². The number of rotatable bonds is 7. The Morgan fingerprint density at radius 3 is 2.84 bits per heavy atom. The fraction of sp³-hybridized carbons (Fsp3) is 0.333. The molecule has 1 aromatic heterocycles. The van der Waals surface area contributed by atoms with Crippen LogP contribution in [0.15, 0.2) is 53.4 Å². The average molecular weight is 453 g/mol. The second-order valence-corrected chi connectivity index (χ2v) is 8.66. The number of fused-ring (bicyclic) bond motifs is 1. The summed E-state index contributed by atoms with van der Waals surface area (Å²) in [4.78, 5) is 17.2. The van der Waals surface area contributed by atoms with Crippen molar-refractivity contribution in [2.45, 2.75) is 24.9 Å². The van der Waals surface area contributed by atoms with E-state index < -0.39 is 0 Å². The van der Waals surface area contributed by atoms with E-state index in [1.165, 1.54) is 11.3 Å². The number of ether oxygens (including phenoxy) is 4. The second-order valence-electron chi connectivity index (χ2n) is 7.94. The Bertz CT molecular complexity index is 1080. The number of hydrogen-bond donors (Lipinski definition) is 1. The molecule has 7 nitrogen and oxygen atoms in total.